The molecule has 0 aliphatic rings. The highest BCUT2D eigenvalue weighted by molar-refractivity contribution is 6.35. The third-order valence-corrected chi connectivity index (χ3v) is 3.91. The summed E-state index contributed by atoms with van der Waals surface area (Å²) < 4.78 is 25.8. The van der Waals surface area contributed by atoms with Gasteiger partial charge in [-0.2, -0.15) is 0 Å². The number of carbonyl (C=O) groups is 1. The van der Waals surface area contributed by atoms with Gasteiger partial charge in [-0.3, -0.25) is 4.79 Å². The fourth-order valence-electron chi connectivity index (χ4n) is 2.07. The standard InChI is InChI=1S/C17H16Cl2F2N2O/c18-12-2-1-11(14(19)9-12)5-7-22-8-6-17(24)23-13-3-4-15(20)16(21)10-13/h1-4,9-10,22H,5-8H2,(H,23,24). The molecule has 7 heteroatoms. The number of benzene rings is 2. The quantitative estimate of drug-likeness (QED) is 0.705. The predicted molar refractivity (Wildman–Crippen MR) is 92.6 cm³/mol. The fraction of sp³-hybridized carbons (Fsp3) is 0.235. The molecular weight excluding hydrogens is 357 g/mol. The van der Waals surface area contributed by atoms with Gasteiger partial charge in [-0.1, -0.05) is 29.3 Å². The van der Waals surface area contributed by atoms with E-state index >= 15 is 0 Å². The first kappa shape index (κ1) is 18.6. The Morgan fingerprint density at radius 3 is 2.50 bits per heavy atom. The first-order valence-electron chi connectivity index (χ1n) is 7.35. The van der Waals surface area contributed by atoms with Crippen molar-refractivity contribution in [2.45, 2.75) is 12.8 Å². The molecule has 0 unspecified atom stereocenters. The summed E-state index contributed by atoms with van der Waals surface area (Å²) >= 11 is 11.9. The van der Waals surface area contributed by atoms with Crippen LogP contribution < -0.4 is 10.6 Å². The van der Waals surface area contributed by atoms with Gasteiger partial charge in [0.05, 0.1) is 0 Å². The van der Waals surface area contributed by atoms with E-state index in [0.29, 0.717) is 29.6 Å². The Labute approximate surface area is 149 Å². The third-order valence-electron chi connectivity index (χ3n) is 3.32. The van der Waals surface area contributed by atoms with Crippen LogP contribution in [0.3, 0.4) is 0 Å². The Morgan fingerprint density at radius 2 is 1.79 bits per heavy atom. The number of amides is 1. The van der Waals surface area contributed by atoms with Gasteiger partial charge in [0, 0.05) is 34.8 Å². The second kappa shape index (κ2) is 8.97. The number of nitrogens with one attached hydrogen (secondary N) is 2. The van der Waals surface area contributed by atoms with Crippen molar-refractivity contribution in [3.63, 3.8) is 0 Å². The first-order chi connectivity index (χ1) is 11.5. The van der Waals surface area contributed by atoms with E-state index in [0.717, 1.165) is 17.7 Å². The summed E-state index contributed by atoms with van der Waals surface area (Å²) in [5, 5.41) is 6.84. The molecule has 2 aromatic carbocycles. The smallest absolute Gasteiger partial charge is 0.225 e. The van der Waals surface area contributed by atoms with Crippen molar-refractivity contribution < 1.29 is 13.6 Å². The van der Waals surface area contributed by atoms with Crippen molar-refractivity contribution in [3.8, 4) is 0 Å². The molecule has 3 nitrogen and oxygen atoms in total. The van der Waals surface area contributed by atoms with Crippen LogP contribution in [-0.2, 0) is 11.2 Å². The summed E-state index contributed by atoms with van der Waals surface area (Å²) in [6.45, 7) is 1.11. The Kier molecular flexibility index (Phi) is 6.97. The van der Waals surface area contributed by atoms with Crippen LogP contribution in [0.2, 0.25) is 10.0 Å². The summed E-state index contributed by atoms with van der Waals surface area (Å²) in [4.78, 5) is 11.7. The summed E-state index contributed by atoms with van der Waals surface area (Å²) in [7, 11) is 0. The topological polar surface area (TPSA) is 41.1 Å². The normalized spacial score (nSPS) is 10.7. The van der Waals surface area contributed by atoms with E-state index in [9.17, 15) is 13.6 Å². The molecule has 0 saturated carbocycles. The number of hydrogen-bond acceptors (Lipinski definition) is 2. The lowest BCUT2D eigenvalue weighted by atomic mass is 10.1. The second-order valence-corrected chi connectivity index (χ2v) is 6.01. The maximum absolute atomic E-state index is 13.0. The molecule has 0 aromatic heterocycles. The maximum Gasteiger partial charge on any atom is 0.225 e. The monoisotopic (exact) mass is 372 g/mol. The Bertz CT molecular complexity index is 726. The van der Waals surface area contributed by atoms with Gasteiger partial charge in [0.1, 0.15) is 0 Å². The molecule has 0 atom stereocenters. The fourth-order valence-corrected chi connectivity index (χ4v) is 2.57. The molecule has 128 valence electrons. The lowest BCUT2D eigenvalue weighted by molar-refractivity contribution is -0.116. The molecule has 0 radical (unpaired) electrons. The van der Waals surface area contributed by atoms with Crippen molar-refractivity contribution in [2.24, 2.45) is 0 Å². The van der Waals surface area contributed by atoms with Gasteiger partial charge in [-0.05, 0) is 42.8 Å². The molecule has 0 spiro atoms. The maximum atomic E-state index is 13.0. The number of anilines is 1. The molecule has 1 amide bonds. The highest BCUT2D eigenvalue weighted by atomic mass is 35.5. The SMILES string of the molecule is O=C(CCNCCc1ccc(Cl)cc1Cl)Nc1ccc(F)c(F)c1. The lowest BCUT2D eigenvalue weighted by Gasteiger charge is -2.08. The van der Waals surface area contributed by atoms with E-state index in [1.807, 2.05) is 6.07 Å². The van der Waals surface area contributed by atoms with Gasteiger partial charge in [-0.25, -0.2) is 8.78 Å². The molecule has 0 aliphatic carbocycles. The molecule has 0 aliphatic heterocycles. The van der Waals surface area contributed by atoms with Crippen LogP contribution >= 0.6 is 23.2 Å². The van der Waals surface area contributed by atoms with E-state index in [1.165, 1.54) is 6.07 Å². The molecule has 2 rings (SSSR count). The van der Waals surface area contributed by atoms with Crippen molar-refractivity contribution in [3.05, 3.63) is 63.6 Å². The molecule has 2 N–H and O–H groups in total. The van der Waals surface area contributed by atoms with Gasteiger partial charge in [0.2, 0.25) is 5.91 Å². The molecule has 2 aromatic rings. The van der Waals surface area contributed by atoms with Gasteiger partial charge in [-0.15, -0.1) is 0 Å². The lowest BCUT2D eigenvalue weighted by Crippen LogP contribution is -2.23. The molecule has 0 fully saturated rings. The van der Waals surface area contributed by atoms with Crippen LogP contribution in [0.4, 0.5) is 14.5 Å². The highest BCUT2D eigenvalue weighted by Gasteiger charge is 2.06. The summed E-state index contributed by atoms with van der Waals surface area (Å²) in [6, 6.07) is 8.56. The predicted octanol–water partition coefficient (Wildman–Crippen LogP) is 4.43. The zero-order valence-corrected chi connectivity index (χ0v) is 14.2. The van der Waals surface area contributed by atoms with E-state index in [1.54, 1.807) is 12.1 Å². The number of hydrogen-bond donors (Lipinski definition) is 2. The number of carbonyl (C=O) groups excluding carboxylic acids is 1. The van der Waals surface area contributed by atoms with Crippen molar-refractivity contribution >= 4 is 34.8 Å². The molecule has 24 heavy (non-hydrogen) atoms. The molecule has 0 bridgehead atoms. The molecular formula is C17H16Cl2F2N2O. The van der Waals surface area contributed by atoms with Crippen LogP contribution in [0, 0.1) is 11.6 Å². The largest absolute Gasteiger partial charge is 0.326 e. The summed E-state index contributed by atoms with van der Waals surface area (Å²) in [5.74, 6) is -2.22. The van der Waals surface area contributed by atoms with E-state index in [4.69, 9.17) is 23.2 Å². The van der Waals surface area contributed by atoms with Crippen LogP contribution in [0.15, 0.2) is 36.4 Å². The molecule has 0 heterocycles. The average Bonchev–Trinajstić information content (AvgIpc) is 2.52. The van der Waals surface area contributed by atoms with E-state index in [-0.39, 0.29) is 18.0 Å². The Balaban J connectivity index is 1.68. The number of rotatable bonds is 7. The highest BCUT2D eigenvalue weighted by Crippen LogP contribution is 2.21. The minimum Gasteiger partial charge on any atom is -0.326 e. The Morgan fingerprint density at radius 1 is 1.00 bits per heavy atom. The third kappa shape index (κ3) is 5.74. The van der Waals surface area contributed by atoms with Gasteiger partial charge in [0.15, 0.2) is 11.6 Å². The van der Waals surface area contributed by atoms with Gasteiger partial charge < -0.3 is 10.6 Å². The van der Waals surface area contributed by atoms with Crippen LogP contribution in [0.1, 0.15) is 12.0 Å². The summed E-state index contributed by atoms with van der Waals surface area (Å²) in [5.41, 5.74) is 1.20. The second-order valence-electron chi connectivity index (χ2n) is 5.16. The average molecular weight is 373 g/mol. The zero-order valence-electron chi connectivity index (χ0n) is 12.7. The minimum absolute atomic E-state index is 0.216. The first-order valence-corrected chi connectivity index (χ1v) is 8.11. The van der Waals surface area contributed by atoms with Crippen molar-refractivity contribution in [2.75, 3.05) is 18.4 Å². The van der Waals surface area contributed by atoms with Gasteiger partial charge >= 0.3 is 0 Å². The minimum atomic E-state index is -0.995. The van der Waals surface area contributed by atoms with Crippen LogP contribution in [-0.4, -0.2) is 19.0 Å². The zero-order chi connectivity index (χ0) is 17.5. The summed E-state index contributed by atoms with van der Waals surface area (Å²) in [6.07, 6.45) is 0.925. The van der Waals surface area contributed by atoms with Crippen LogP contribution in [0.5, 0.6) is 0 Å². The van der Waals surface area contributed by atoms with E-state index in [2.05, 4.69) is 10.6 Å². The van der Waals surface area contributed by atoms with E-state index < -0.39 is 11.6 Å². The number of halogens is 4. The Hall–Kier alpha value is -1.69. The van der Waals surface area contributed by atoms with Crippen LogP contribution in [0.25, 0.3) is 0 Å². The molecule has 0 saturated heterocycles. The van der Waals surface area contributed by atoms with Crippen molar-refractivity contribution in [1.82, 2.24) is 5.32 Å². The van der Waals surface area contributed by atoms with Gasteiger partial charge in [0.25, 0.3) is 0 Å². The van der Waals surface area contributed by atoms with Crippen molar-refractivity contribution in [1.29, 1.82) is 0 Å².